The normalized spacial score (nSPS) is 15.6. The lowest BCUT2D eigenvalue weighted by molar-refractivity contribution is 0.409. The molecular weight excluding hydrogens is 887 g/mol. The van der Waals surface area contributed by atoms with Crippen molar-refractivity contribution in [1.82, 2.24) is 20.6 Å². The zero-order chi connectivity index (χ0) is 48.3. The van der Waals surface area contributed by atoms with E-state index < -0.39 is 5.41 Å². The Hall–Kier alpha value is -9.29. The molecule has 3 heterocycles. The van der Waals surface area contributed by atoms with Gasteiger partial charge in [-0.15, -0.1) is 0 Å². The lowest BCUT2D eigenvalue weighted by Crippen LogP contribution is -2.45. The molecule has 344 valence electrons. The number of nitrogens with zero attached hydrogens (tertiary/aromatic N) is 3. The third-order valence-electron chi connectivity index (χ3n) is 15.1. The maximum Gasteiger partial charge on any atom is 0.131 e. The Labute approximate surface area is 424 Å². The molecule has 0 saturated carbocycles. The summed E-state index contributed by atoms with van der Waals surface area (Å²) in [6.07, 6.45) is 3.26. The fourth-order valence-corrected chi connectivity index (χ4v) is 11.8. The van der Waals surface area contributed by atoms with Crippen LogP contribution in [0.2, 0.25) is 0 Å². The zero-order valence-electron chi connectivity index (χ0n) is 39.8. The van der Waals surface area contributed by atoms with Gasteiger partial charge in [0.2, 0.25) is 0 Å². The maximum atomic E-state index is 5.34. The fraction of sp³-hybridized carbons (Fsp3) is 0.0441. The van der Waals surface area contributed by atoms with Crippen LogP contribution < -0.4 is 10.6 Å². The second-order valence-electron chi connectivity index (χ2n) is 19.1. The standard InChI is InChI=1S/C68H47N5/c1-5-19-44(20-6-1)65-71-66(45-21-7-2-8-22-45)73-67(72-65)49-40-47(46-33-36-62-59(42-46)56-29-15-17-31-61(56)68(62,50-23-9-3-10-24-50)51-25-11-4-12-26-51)39-48(41-49)52-34-35-58(54-28-14-13-27-53(52)54)64-60-43-69-38-37-55(60)57-30-16-18-32-63(57)70-64/h1-43,65,67,72H,(H,71,73). The highest BCUT2D eigenvalue weighted by atomic mass is 15.3. The molecule has 0 spiro atoms. The number of fused-ring (bicyclic) bond motifs is 7. The highest BCUT2D eigenvalue weighted by Gasteiger charge is 2.46. The number of para-hydroxylation sites is 1. The molecule has 1 aliphatic heterocycles. The topological polar surface area (TPSA) is 62.2 Å². The average Bonchev–Trinajstić information content (AvgIpc) is 3.78. The van der Waals surface area contributed by atoms with Gasteiger partial charge in [0.15, 0.2) is 0 Å². The highest BCUT2D eigenvalue weighted by Crippen LogP contribution is 2.57. The predicted molar refractivity (Wildman–Crippen MR) is 299 cm³/mol. The molecular formula is C68H47N5. The lowest BCUT2D eigenvalue weighted by atomic mass is 9.67. The summed E-state index contributed by atoms with van der Waals surface area (Å²) in [6.45, 7) is 0. The third kappa shape index (κ3) is 7.08. The highest BCUT2D eigenvalue weighted by molar-refractivity contribution is 6.14. The Morgan fingerprint density at radius 1 is 0.384 bits per heavy atom. The van der Waals surface area contributed by atoms with Crippen molar-refractivity contribution < 1.29 is 0 Å². The summed E-state index contributed by atoms with van der Waals surface area (Å²) >= 11 is 0. The molecule has 14 rings (SSSR count). The molecule has 2 N–H and O–H groups in total. The molecule has 2 atom stereocenters. The van der Waals surface area contributed by atoms with Crippen LogP contribution in [0.3, 0.4) is 0 Å². The van der Waals surface area contributed by atoms with E-state index in [9.17, 15) is 0 Å². The van der Waals surface area contributed by atoms with Crippen LogP contribution in [0.4, 0.5) is 0 Å². The molecule has 2 aromatic heterocycles. The van der Waals surface area contributed by atoms with Gasteiger partial charge in [0.25, 0.3) is 0 Å². The van der Waals surface area contributed by atoms with E-state index in [-0.39, 0.29) is 12.3 Å². The van der Waals surface area contributed by atoms with Gasteiger partial charge in [0, 0.05) is 34.3 Å². The van der Waals surface area contributed by atoms with Crippen LogP contribution in [0.25, 0.3) is 77.1 Å². The van der Waals surface area contributed by atoms with Crippen molar-refractivity contribution in [2.24, 2.45) is 4.99 Å². The molecule has 2 unspecified atom stereocenters. The van der Waals surface area contributed by atoms with Gasteiger partial charge < -0.3 is 5.32 Å². The number of benzene rings is 10. The zero-order valence-corrected chi connectivity index (χ0v) is 39.8. The monoisotopic (exact) mass is 933 g/mol. The van der Waals surface area contributed by atoms with Crippen molar-refractivity contribution in [3.05, 3.63) is 300 Å². The van der Waals surface area contributed by atoms with Gasteiger partial charge >= 0.3 is 0 Å². The third-order valence-corrected chi connectivity index (χ3v) is 15.1. The molecule has 0 saturated heterocycles. The van der Waals surface area contributed by atoms with Gasteiger partial charge in [-0.3, -0.25) is 10.3 Å². The smallest absolute Gasteiger partial charge is 0.131 e. The summed E-state index contributed by atoms with van der Waals surface area (Å²) in [5.74, 6) is 0.844. The maximum absolute atomic E-state index is 5.34. The van der Waals surface area contributed by atoms with E-state index in [2.05, 4.69) is 264 Å². The van der Waals surface area contributed by atoms with Crippen molar-refractivity contribution in [2.45, 2.75) is 17.7 Å². The molecule has 10 aromatic carbocycles. The van der Waals surface area contributed by atoms with Crippen LogP contribution in [0.15, 0.2) is 266 Å². The minimum absolute atomic E-state index is 0.283. The van der Waals surface area contributed by atoms with E-state index in [0.717, 1.165) is 88.5 Å². The Morgan fingerprint density at radius 2 is 1.00 bits per heavy atom. The van der Waals surface area contributed by atoms with Crippen molar-refractivity contribution in [3.8, 4) is 44.6 Å². The largest absolute Gasteiger partial charge is 0.350 e. The number of rotatable bonds is 8. The molecule has 1 aliphatic carbocycles. The number of aromatic nitrogens is 2. The Morgan fingerprint density at radius 3 is 1.77 bits per heavy atom. The predicted octanol–water partition coefficient (Wildman–Crippen LogP) is 15.6. The quantitative estimate of drug-likeness (QED) is 0.149. The van der Waals surface area contributed by atoms with E-state index >= 15 is 0 Å². The average molecular weight is 934 g/mol. The van der Waals surface area contributed by atoms with E-state index in [1.807, 2.05) is 12.4 Å². The number of nitrogens with one attached hydrogen (secondary N) is 2. The molecule has 12 aromatic rings. The molecule has 0 fully saturated rings. The Balaban J connectivity index is 0.981. The van der Waals surface area contributed by atoms with Crippen molar-refractivity contribution in [1.29, 1.82) is 0 Å². The van der Waals surface area contributed by atoms with Crippen LogP contribution >= 0.6 is 0 Å². The van der Waals surface area contributed by atoms with Gasteiger partial charge in [-0.1, -0.05) is 212 Å². The summed E-state index contributed by atoms with van der Waals surface area (Å²) in [5, 5.41) is 13.4. The molecule has 0 bridgehead atoms. The van der Waals surface area contributed by atoms with E-state index in [0.29, 0.717) is 0 Å². The second kappa shape index (κ2) is 17.5. The first-order valence-corrected chi connectivity index (χ1v) is 25.1. The Bertz CT molecular complexity index is 4060. The van der Waals surface area contributed by atoms with Crippen molar-refractivity contribution in [2.75, 3.05) is 0 Å². The number of amidine groups is 1. The molecule has 73 heavy (non-hydrogen) atoms. The van der Waals surface area contributed by atoms with E-state index in [1.54, 1.807) is 0 Å². The van der Waals surface area contributed by atoms with Crippen LogP contribution in [-0.4, -0.2) is 15.8 Å². The fourth-order valence-electron chi connectivity index (χ4n) is 11.8. The second-order valence-corrected chi connectivity index (χ2v) is 19.1. The van der Waals surface area contributed by atoms with Gasteiger partial charge in [0.1, 0.15) is 18.2 Å². The summed E-state index contributed by atoms with van der Waals surface area (Å²) in [5.41, 5.74) is 17.8. The van der Waals surface area contributed by atoms with Crippen LogP contribution in [-0.2, 0) is 5.41 Å². The van der Waals surface area contributed by atoms with Crippen LogP contribution in [0.5, 0.6) is 0 Å². The first kappa shape index (κ1) is 42.6. The van der Waals surface area contributed by atoms with Gasteiger partial charge in [0.05, 0.1) is 16.6 Å². The number of hydrogen-bond donors (Lipinski definition) is 2. The van der Waals surface area contributed by atoms with Gasteiger partial charge in [-0.25, -0.2) is 9.98 Å². The summed E-state index contributed by atoms with van der Waals surface area (Å²) in [4.78, 5) is 15.2. The number of pyridine rings is 2. The van der Waals surface area contributed by atoms with Crippen LogP contribution in [0, 0.1) is 0 Å². The molecule has 0 radical (unpaired) electrons. The van der Waals surface area contributed by atoms with Crippen LogP contribution in [0.1, 0.15) is 51.3 Å². The van der Waals surface area contributed by atoms with E-state index in [1.165, 1.54) is 33.4 Å². The summed E-state index contributed by atoms with van der Waals surface area (Å²) in [7, 11) is 0. The van der Waals surface area contributed by atoms with Gasteiger partial charge in [-0.05, 0) is 119 Å². The first-order valence-electron chi connectivity index (χ1n) is 25.1. The Kier molecular flexibility index (Phi) is 10.2. The first-order chi connectivity index (χ1) is 36.2. The minimum Gasteiger partial charge on any atom is -0.350 e. The van der Waals surface area contributed by atoms with Crippen molar-refractivity contribution in [3.63, 3.8) is 0 Å². The summed E-state index contributed by atoms with van der Waals surface area (Å²) < 4.78 is 0. The minimum atomic E-state index is -0.489. The molecule has 2 aliphatic rings. The molecule has 5 nitrogen and oxygen atoms in total. The SMILES string of the molecule is c1ccc(C2=NC(c3ccccc3)NC(c3cc(-c4ccc5c(c4)-c4ccccc4C5(c4ccccc4)c4ccccc4)cc(-c4ccc(-c5nc6ccccc6c6ccncc56)c5ccccc45)c3)N2)cc1. The van der Waals surface area contributed by atoms with Crippen molar-refractivity contribution >= 4 is 38.3 Å². The number of hydrogen-bond acceptors (Lipinski definition) is 5. The van der Waals surface area contributed by atoms with E-state index in [4.69, 9.17) is 9.98 Å². The number of aliphatic imine (C=N–C) groups is 1. The summed E-state index contributed by atoms with van der Waals surface area (Å²) in [6, 6.07) is 90.1. The lowest BCUT2D eigenvalue weighted by Gasteiger charge is -2.34. The molecule has 5 heteroatoms. The molecule has 0 amide bonds. The van der Waals surface area contributed by atoms with Gasteiger partial charge in [-0.2, -0.15) is 0 Å².